The molecule has 4 atom stereocenters. The number of benzene rings is 2. The molecule has 0 radical (unpaired) electrons. The van der Waals surface area contributed by atoms with Crippen molar-refractivity contribution in [2.45, 2.75) is 96.7 Å². The second-order valence-electron chi connectivity index (χ2n) is 14.7. The lowest BCUT2D eigenvalue weighted by molar-refractivity contribution is 0.196. The van der Waals surface area contributed by atoms with Crippen LogP contribution in [0.5, 0.6) is 0 Å². The smallest absolute Gasteiger partial charge is 0.140 e. The highest BCUT2D eigenvalue weighted by atomic mass is 19.1. The number of hydrogen-bond donors (Lipinski definition) is 2. The van der Waals surface area contributed by atoms with Gasteiger partial charge in [0.15, 0.2) is 0 Å². The van der Waals surface area contributed by atoms with Crippen LogP contribution in [0.1, 0.15) is 106 Å². The fraction of sp³-hybridized carbons (Fsp3) is 0.479. The fourth-order valence-corrected chi connectivity index (χ4v) is 7.71. The third-order valence-corrected chi connectivity index (χ3v) is 11.1. The molecule has 1 fully saturated rings. The first-order valence-corrected chi connectivity index (χ1v) is 20.7. The van der Waals surface area contributed by atoms with E-state index in [1.165, 1.54) is 36.9 Å². The van der Waals surface area contributed by atoms with E-state index in [9.17, 15) is 9.65 Å². The lowest BCUT2D eigenvalue weighted by Crippen LogP contribution is -2.43. The van der Waals surface area contributed by atoms with Gasteiger partial charge in [-0.15, -0.1) is 6.58 Å². The number of rotatable bonds is 9. The number of nitrogens with two attached hydrogens (primary N) is 1. The first-order chi connectivity index (χ1) is 27.8. The monoisotopic (exact) mass is 771 g/mol. The molecule has 8 nitrogen and oxygen atoms in total. The predicted octanol–water partition coefficient (Wildman–Crippen LogP) is 8.30. The van der Waals surface area contributed by atoms with E-state index in [0.29, 0.717) is 42.4 Å². The van der Waals surface area contributed by atoms with Gasteiger partial charge in [-0.1, -0.05) is 70.1 Å². The highest BCUT2D eigenvalue weighted by Gasteiger charge is 2.44. The Morgan fingerprint density at radius 2 is 1.88 bits per heavy atom. The fourth-order valence-electron chi connectivity index (χ4n) is 7.71. The Bertz CT molecular complexity index is 2010. The van der Waals surface area contributed by atoms with E-state index in [1.807, 2.05) is 39.4 Å². The summed E-state index contributed by atoms with van der Waals surface area (Å²) in [4.78, 5) is 14.1. The maximum atomic E-state index is 14.6. The van der Waals surface area contributed by atoms with Crippen LogP contribution < -0.4 is 11.1 Å². The molecule has 302 valence electrons. The van der Waals surface area contributed by atoms with Crippen molar-refractivity contribution in [3.8, 4) is 41.1 Å². The molecule has 57 heavy (non-hydrogen) atoms. The van der Waals surface area contributed by atoms with Gasteiger partial charge in [-0.3, -0.25) is 4.99 Å². The van der Waals surface area contributed by atoms with Gasteiger partial charge in [0.25, 0.3) is 0 Å². The van der Waals surface area contributed by atoms with Crippen molar-refractivity contribution in [1.82, 2.24) is 24.7 Å². The van der Waals surface area contributed by atoms with Crippen molar-refractivity contribution in [2.75, 3.05) is 40.8 Å². The molecule has 2 bridgehead atoms. The van der Waals surface area contributed by atoms with Crippen LogP contribution in [0.3, 0.4) is 0 Å². The number of halogens is 1. The van der Waals surface area contributed by atoms with Crippen molar-refractivity contribution < 1.29 is 4.39 Å². The minimum atomic E-state index is -0.410. The molecule has 0 amide bonds. The van der Waals surface area contributed by atoms with Gasteiger partial charge in [0, 0.05) is 67.2 Å². The van der Waals surface area contributed by atoms with Crippen molar-refractivity contribution >= 4 is 5.84 Å². The summed E-state index contributed by atoms with van der Waals surface area (Å²) in [7, 11) is 5.38. The number of aliphatic imine (C=N–C) groups is 1. The number of nitrogens with zero attached hydrogens (tertiary/aromatic N) is 6. The molecule has 1 aromatic heterocycles. The van der Waals surface area contributed by atoms with Crippen molar-refractivity contribution in [3.63, 3.8) is 0 Å². The molecule has 1 saturated carbocycles. The van der Waals surface area contributed by atoms with Gasteiger partial charge in [-0.2, -0.15) is 5.26 Å². The quantitative estimate of drug-likeness (QED) is 0.168. The number of hydrogen-bond acceptors (Lipinski definition) is 7. The first kappa shape index (κ1) is 44.6. The zero-order valence-corrected chi connectivity index (χ0v) is 35.3. The maximum absolute atomic E-state index is 14.6. The van der Waals surface area contributed by atoms with Crippen LogP contribution in [-0.2, 0) is 6.42 Å². The van der Waals surface area contributed by atoms with Gasteiger partial charge in [0.2, 0.25) is 0 Å². The maximum Gasteiger partial charge on any atom is 0.140 e. The molecular formula is C48H63FN8. The number of amidine groups is 1. The zero-order valence-electron chi connectivity index (χ0n) is 35.3. The third kappa shape index (κ3) is 10.8. The molecule has 2 aromatic carbocycles. The van der Waals surface area contributed by atoms with Crippen molar-refractivity contribution in [1.29, 1.82) is 5.26 Å². The summed E-state index contributed by atoms with van der Waals surface area (Å²) >= 11 is 0. The molecule has 3 aromatic rings. The van der Waals surface area contributed by atoms with Crippen LogP contribution >= 0.6 is 0 Å². The van der Waals surface area contributed by atoms with Crippen molar-refractivity contribution in [2.24, 2.45) is 22.6 Å². The number of nitriles is 1. The highest BCUT2D eigenvalue weighted by Crippen LogP contribution is 2.46. The Hall–Kier alpha value is -5.14. The predicted molar refractivity (Wildman–Crippen MR) is 234 cm³/mol. The molecule has 0 saturated heterocycles. The van der Waals surface area contributed by atoms with E-state index in [4.69, 9.17) is 4.99 Å². The molecule has 1 aliphatic carbocycles. The Morgan fingerprint density at radius 3 is 2.56 bits per heavy atom. The lowest BCUT2D eigenvalue weighted by Gasteiger charge is -2.39. The topological polar surface area (TPSA) is 98.5 Å². The van der Waals surface area contributed by atoms with E-state index in [1.54, 1.807) is 18.3 Å². The molecule has 3 N–H and O–H groups in total. The molecule has 5 heterocycles. The van der Waals surface area contributed by atoms with Crippen LogP contribution in [0.4, 0.5) is 4.39 Å². The number of imidazole rings is 1. The summed E-state index contributed by atoms with van der Waals surface area (Å²) in [6.07, 6.45) is 14.6. The molecule has 4 aliphatic heterocycles. The molecule has 3 unspecified atom stereocenters. The van der Waals surface area contributed by atoms with E-state index in [2.05, 4.69) is 112 Å². The summed E-state index contributed by atoms with van der Waals surface area (Å²) in [5.74, 6) is 15.0. The van der Waals surface area contributed by atoms with Gasteiger partial charge in [0.05, 0.1) is 17.7 Å². The van der Waals surface area contributed by atoms with Crippen LogP contribution in [0.25, 0.3) is 11.4 Å². The Morgan fingerprint density at radius 1 is 1.11 bits per heavy atom. The minimum absolute atomic E-state index is 0.224. The van der Waals surface area contributed by atoms with E-state index >= 15 is 0 Å². The second-order valence-corrected chi connectivity index (χ2v) is 14.7. The lowest BCUT2D eigenvalue weighted by atomic mass is 9.75. The summed E-state index contributed by atoms with van der Waals surface area (Å²) in [5.41, 5.74) is 10.6. The Kier molecular flexibility index (Phi) is 17.2. The van der Waals surface area contributed by atoms with Crippen LogP contribution in [0.15, 0.2) is 73.2 Å². The summed E-state index contributed by atoms with van der Waals surface area (Å²) in [6.45, 7) is 18.8. The summed E-state index contributed by atoms with van der Waals surface area (Å²) in [5, 5.41) is 12.2. The number of aromatic nitrogens is 2. The third-order valence-electron chi connectivity index (χ3n) is 11.1. The Labute approximate surface area is 342 Å². The van der Waals surface area contributed by atoms with Crippen LogP contribution in [0, 0.1) is 52.7 Å². The zero-order chi connectivity index (χ0) is 41.5. The highest BCUT2D eigenvalue weighted by molar-refractivity contribution is 6.03. The largest absolute Gasteiger partial charge is 0.381 e. The van der Waals surface area contributed by atoms with E-state index in [0.717, 1.165) is 61.3 Å². The molecular weight excluding hydrogens is 708 g/mol. The molecule has 9 heteroatoms. The van der Waals surface area contributed by atoms with Crippen LogP contribution in [0.2, 0.25) is 0 Å². The standard InChI is InChI=1S/C24H29N3.C21H23FN4.C2H6.CH5N/c1-5-20-16-27-21-14-19(15-21)22-10-9-18(13-23(22)24(27)25-20)8-7-17(3)11-12-26(4)6-2;1-3-18-7-6-16-13-20(22)17(5-4-15(14-23)8-9-24-2)12-19(16)21-25-10-11-26(18)21;2*1-2/h5-6,9-10,13,17,19-21H,1-2,11-12,14-16H2,3-4H3;10-13,15,18,24H,3,6-9H2,1-2H3;1-2H3;2H2,1H3/t;15-,18?;;/m.1../s1. The first-order valence-electron chi connectivity index (χ1n) is 20.7. The number of nitrogens with one attached hydrogen (secondary N) is 1. The molecule has 5 aliphatic rings. The summed E-state index contributed by atoms with van der Waals surface area (Å²) < 4.78 is 16.8. The van der Waals surface area contributed by atoms with E-state index in [-0.39, 0.29) is 11.9 Å². The van der Waals surface area contributed by atoms with E-state index < -0.39 is 5.92 Å². The van der Waals surface area contributed by atoms with Gasteiger partial charge in [0.1, 0.15) is 23.4 Å². The molecule has 0 spiro atoms. The van der Waals surface area contributed by atoms with Gasteiger partial charge in [-0.25, -0.2) is 9.37 Å². The average molecular weight is 771 g/mol. The van der Waals surface area contributed by atoms with Gasteiger partial charge in [-0.05, 0) is 113 Å². The van der Waals surface area contributed by atoms with Crippen molar-refractivity contribution in [3.05, 3.63) is 102 Å². The average Bonchev–Trinajstić information content (AvgIpc) is 3.81. The Balaban J connectivity index is 0.000000233. The molecule has 8 rings (SSSR count). The van der Waals surface area contributed by atoms with Crippen LogP contribution in [-0.4, -0.2) is 78.0 Å². The van der Waals surface area contributed by atoms with Gasteiger partial charge >= 0.3 is 0 Å². The number of fused-ring (bicyclic) bond motifs is 3. The normalized spacial score (nSPS) is 19.9. The second kappa shape index (κ2) is 22.0. The minimum Gasteiger partial charge on any atom is -0.381 e. The summed E-state index contributed by atoms with van der Waals surface area (Å²) in [6, 6.07) is 13.6. The van der Waals surface area contributed by atoms with Gasteiger partial charge < -0.3 is 25.4 Å². The number of aryl methyl sites for hydroxylation is 1. The SMILES string of the molecule is C=CC1CN2C(=N1)c1cc(C#CC(C)CCN(C)C=C)ccc1C1CC2C1.CC.CCC1CCc2cc(F)c(C#C[C@@H](C#N)CCNC)cc2-c2nccn21.CN.